The van der Waals surface area contributed by atoms with Crippen molar-refractivity contribution >= 4 is 29.4 Å². The Labute approximate surface area is 148 Å². The summed E-state index contributed by atoms with van der Waals surface area (Å²) in [5.74, 6) is -2.09. The number of nitrogens with one attached hydrogen (secondary N) is 1. The lowest BCUT2D eigenvalue weighted by Gasteiger charge is -2.15. The number of carbonyl (C=O) groups excluding carboxylic acids is 2. The predicted octanol–water partition coefficient (Wildman–Crippen LogP) is 2.09. The van der Waals surface area contributed by atoms with E-state index in [2.05, 4.69) is 10.3 Å². The van der Waals surface area contributed by atoms with Crippen LogP contribution in [0, 0.1) is 0 Å². The van der Waals surface area contributed by atoms with Crippen molar-refractivity contribution in [2.24, 2.45) is 0 Å². The van der Waals surface area contributed by atoms with Crippen molar-refractivity contribution in [2.75, 3.05) is 0 Å². The lowest BCUT2D eigenvalue weighted by molar-refractivity contribution is -0.139. The van der Waals surface area contributed by atoms with Crippen LogP contribution in [0.25, 0.3) is 0 Å². The standard InChI is InChI=1S/C17H15ClN2O5/c1-10(21)25-13-4-2-3-12(8-13)16(22)20-14(17(23)24)7-11-5-6-15(18)19-9-11/h2-6,8-9,14H,7H2,1H3,(H,20,22)(H,23,24)/t14-/m0/s1. The molecule has 2 aromatic rings. The third-order valence-electron chi connectivity index (χ3n) is 3.19. The largest absolute Gasteiger partial charge is 0.480 e. The summed E-state index contributed by atoms with van der Waals surface area (Å²) in [6, 6.07) is 7.94. The van der Waals surface area contributed by atoms with Gasteiger partial charge in [-0.05, 0) is 29.8 Å². The van der Waals surface area contributed by atoms with E-state index in [0.717, 1.165) is 0 Å². The van der Waals surface area contributed by atoms with E-state index in [-0.39, 0.29) is 17.7 Å². The number of carboxylic acid groups (broad SMARTS) is 1. The molecule has 8 heteroatoms. The van der Waals surface area contributed by atoms with E-state index in [0.29, 0.717) is 10.7 Å². The smallest absolute Gasteiger partial charge is 0.326 e. The van der Waals surface area contributed by atoms with E-state index in [9.17, 15) is 19.5 Å². The number of hydrogen-bond donors (Lipinski definition) is 2. The minimum absolute atomic E-state index is 0.0505. The van der Waals surface area contributed by atoms with E-state index >= 15 is 0 Å². The van der Waals surface area contributed by atoms with Gasteiger partial charge in [-0.3, -0.25) is 9.59 Å². The number of pyridine rings is 1. The third-order valence-corrected chi connectivity index (χ3v) is 3.41. The molecule has 2 N–H and O–H groups in total. The second kappa shape index (κ2) is 8.25. The van der Waals surface area contributed by atoms with Crippen LogP contribution in [-0.2, 0) is 16.0 Å². The van der Waals surface area contributed by atoms with Gasteiger partial charge in [0, 0.05) is 25.1 Å². The van der Waals surface area contributed by atoms with Gasteiger partial charge in [0.05, 0.1) is 0 Å². The Hall–Kier alpha value is -2.93. The van der Waals surface area contributed by atoms with Crippen LogP contribution in [0.15, 0.2) is 42.6 Å². The predicted molar refractivity (Wildman–Crippen MR) is 89.6 cm³/mol. The van der Waals surface area contributed by atoms with Gasteiger partial charge in [-0.25, -0.2) is 9.78 Å². The summed E-state index contributed by atoms with van der Waals surface area (Å²) in [6.45, 7) is 1.24. The molecule has 0 radical (unpaired) electrons. The molecule has 1 atom stereocenters. The average Bonchev–Trinajstić information content (AvgIpc) is 2.55. The van der Waals surface area contributed by atoms with Gasteiger partial charge in [-0.15, -0.1) is 0 Å². The first-order valence-electron chi connectivity index (χ1n) is 7.27. The van der Waals surface area contributed by atoms with Gasteiger partial charge in [0.15, 0.2) is 0 Å². The van der Waals surface area contributed by atoms with Crippen LogP contribution in [0.5, 0.6) is 5.75 Å². The summed E-state index contributed by atoms with van der Waals surface area (Å²) in [4.78, 5) is 38.6. The average molecular weight is 363 g/mol. The number of esters is 1. The number of nitrogens with zero attached hydrogens (tertiary/aromatic N) is 1. The van der Waals surface area contributed by atoms with Gasteiger partial charge in [-0.2, -0.15) is 0 Å². The van der Waals surface area contributed by atoms with Crippen LogP contribution in [-0.4, -0.2) is 34.0 Å². The molecule has 1 aromatic carbocycles. The number of aromatic nitrogens is 1. The summed E-state index contributed by atoms with van der Waals surface area (Å²) in [5, 5.41) is 12.1. The minimum Gasteiger partial charge on any atom is -0.480 e. The number of aliphatic carboxylic acids is 1. The fourth-order valence-corrected chi connectivity index (χ4v) is 2.18. The molecule has 0 fully saturated rings. The van der Waals surface area contributed by atoms with Crippen molar-refractivity contribution < 1.29 is 24.2 Å². The second-order valence-corrected chi connectivity index (χ2v) is 5.57. The Morgan fingerprint density at radius 3 is 2.64 bits per heavy atom. The van der Waals surface area contributed by atoms with Crippen molar-refractivity contribution in [3.05, 3.63) is 58.9 Å². The van der Waals surface area contributed by atoms with Crippen molar-refractivity contribution in [1.29, 1.82) is 0 Å². The van der Waals surface area contributed by atoms with Crippen LogP contribution in [0.2, 0.25) is 5.15 Å². The number of ether oxygens (including phenoxy) is 1. The molecule has 0 aliphatic rings. The molecule has 2 rings (SSSR count). The van der Waals surface area contributed by atoms with E-state index in [1.54, 1.807) is 12.1 Å². The number of rotatable bonds is 6. The molecule has 0 saturated heterocycles. The Morgan fingerprint density at radius 1 is 1.28 bits per heavy atom. The topological polar surface area (TPSA) is 106 Å². The van der Waals surface area contributed by atoms with E-state index in [4.69, 9.17) is 16.3 Å². The molecule has 1 heterocycles. The zero-order valence-corrected chi connectivity index (χ0v) is 14.0. The lowest BCUT2D eigenvalue weighted by atomic mass is 10.1. The monoisotopic (exact) mass is 362 g/mol. The highest BCUT2D eigenvalue weighted by atomic mass is 35.5. The molecule has 0 aliphatic carbocycles. The van der Waals surface area contributed by atoms with Crippen molar-refractivity contribution in [3.8, 4) is 5.75 Å². The molecular weight excluding hydrogens is 348 g/mol. The van der Waals surface area contributed by atoms with Crippen molar-refractivity contribution in [1.82, 2.24) is 10.3 Å². The summed E-state index contributed by atoms with van der Waals surface area (Å²) >= 11 is 5.69. The second-order valence-electron chi connectivity index (χ2n) is 5.18. The van der Waals surface area contributed by atoms with Gasteiger partial charge >= 0.3 is 11.9 Å². The molecule has 1 aromatic heterocycles. The number of carboxylic acids is 1. The summed E-state index contributed by atoms with van der Waals surface area (Å²) < 4.78 is 4.91. The molecule has 0 spiro atoms. The fraction of sp³-hybridized carbons (Fsp3) is 0.176. The van der Waals surface area contributed by atoms with Crippen LogP contribution in [0.1, 0.15) is 22.8 Å². The summed E-state index contributed by atoms with van der Waals surface area (Å²) in [6.07, 6.45) is 1.50. The fourth-order valence-electron chi connectivity index (χ4n) is 2.07. The van der Waals surface area contributed by atoms with Gasteiger partial charge in [0.2, 0.25) is 0 Å². The summed E-state index contributed by atoms with van der Waals surface area (Å²) in [7, 11) is 0. The Balaban J connectivity index is 2.11. The van der Waals surface area contributed by atoms with Crippen molar-refractivity contribution in [2.45, 2.75) is 19.4 Å². The molecule has 0 saturated carbocycles. The number of hydrogen-bond acceptors (Lipinski definition) is 5. The molecule has 0 bridgehead atoms. The molecule has 25 heavy (non-hydrogen) atoms. The number of carbonyl (C=O) groups is 3. The third kappa shape index (κ3) is 5.58. The minimum atomic E-state index is -1.18. The zero-order chi connectivity index (χ0) is 18.4. The molecule has 1 amide bonds. The van der Waals surface area contributed by atoms with Gasteiger partial charge in [0.25, 0.3) is 5.91 Å². The maximum atomic E-state index is 12.3. The molecule has 130 valence electrons. The van der Waals surface area contributed by atoms with E-state index < -0.39 is 23.9 Å². The molecular formula is C17H15ClN2O5. The van der Waals surface area contributed by atoms with Gasteiger partial charge < -0.3 is 15.2 Å². The highest BCUT2D eigenvalue weighted by Crippen LogP contribution is 2.14. The number of amides is 1. The maximum Gasteiger partial charge on any atom is 0.326 e. The van der Waals surface area contributed by atoms with E-state index in [1.807, 2.05) is 0 Å². The van der Waals surface area contributed by atoms with Crippen LogP contribution in [0.4, 0.5) is 0 Å². The number of benzene rings is 1. The van der Waals surface area contributed by atoms with E-state index in [1.165, 1.54) is 37.4 Å². The maximum absolute atomic E-state index is 12.3. The summed E-state index contributed by atoms with van der Waals surface area (Å²) in [5.41, 5.74) is 0.796. The highest BCUT2D eigenvalue weighted by Gasteiger charge is 2.21. The highest BCUT2D eigenvalue weighted by molar-refractivity contribution is 6.29. The quantitative estimate of drug-likeness (QED) is 0.463. The van der Waals surface area contributed by atoms with Gasteiger partial charge in [0.1, 0.15) is 16.9 Å². The SMILES string of the molecule is CC(=O)Oc1cccc(C(=O)N[C@@H](Cc2ccc(Cl)nc2)C(=O)O)c1. The zero-order valence-electron chi connectivity index (χ0n) is 13.2. The first-order chi connectivity index (χ1) is 11.8. The van der Waals surface area contributed by atoms with Crippen LogP contribution >= 0.6 is 11.6 Å². The molecule has 0 aliphatic heterocycles. The Morgan fingerprint density at radius 2 is 2.04 bits per heavy atom. The normalized spacial score (nSPS) is 11.4. The van der Waals surface area contributed by atoms with Crippen molar-refractivity contribution in [3.63, 3.8) is 0 Å². The Kier molecular flexibility index (Phi) is 6.08. The van der Waals surface area contributed by atoms with Gasteiger partial charge in [-0.1, -0.05) is 23.7 Å². The first-order valence-corrected chi connectivity index (χ1v) is 7.65. The number of halogens is 1. The molecule has 0 unspecified atom stereocenters. The Bertz CT molecular complexity index is 792. The molecule has 7 nitrogen and oxygen atoms in total. The first kappa shape index (κ1) is 18.4. The lowest BCUT2D eigenvalue weighted by Crippen LogP contribution is -2.42. The van der Waals surface area contributed by atoms with Crippen LogP contribution < -0.4 is 10.1 Å². The van der Waals surface area contributed by atoms with Crippen LogP contribution in [0.3, 0.4) is 0 Å².